The molecule has 1 aromatic rings. The van der Waals surface area contributed by atoms with Gasteiger partial charge in [0.05, 0.1) is 7.11 Å². The van der Waals surface area contributed by atoms with Crippen molar-refractivity contribution in [3.63, 3.8) is 0 Å². The second-order valence-electron chi connectivity index (χ2n) is 3.95. The Hall–Kier alpha value is -2.01. The van der Waals surface area contributed by atoms with Crippen LogP contribution in [0.25, 0.3) is 0 Å². The maximum Gasteiger partial charge on any atom is 0.188 e. The number of dihydropyridines is 1. The third-order valence-electron chi connectivity index (χ3n) is 2.68. The van der Waals surface area contributed by atoms with E-state index in [2.05, 4.69) is 10.3 Å². The van der Waals surface area contributed by atoms with E-state index in [1.54, 1.807) is 25.5 Å². The van der Waals surface area contributed by atoms with Crippen LogP contribution in [0.3, 0.4) is 0 Å². The lowest BCUT2D eigenvalue weighted by molar-refractivity contribution is 0.223. The molecule has 17 heavy (non-hydrogen) atoms. The Morgan fingerprint density at radius 2 is 2.24 bits per heavy atom. The largest absolute Gasteiger partial charge is 0.482 e. The minimum absolute atomic E-state index is 0.497. The van der Waals surface area contributed by atoms with Crippen LogP contribution in [-0.4, -0.2) is 17.8 Å². The second-order valence-corrected chi connectivity index (χ2v) is 3.95. The summed E-state index contributed by atoms with van der Waals surface area (Å²) >= 11 is 0. The third kappa shape index (κ3) is 2.39. The molecule has 0 aliphatic carbocycles. The number of allylic oxidation sites excluding steroid dienone is 2. The summed E-state index contributed by atoms with van der Waals surface area (Å²) in [6.07, 6.45) is 5.72. The lowest BCUT2D eigenvalue weighted by atomic mass is 9.98. The van der Waals surface area contributed by atoms with Gasteiger partial charge in [-0.1, -0.05) is 6.07 Å². The van der Waals surface area contributed by atoms with Crippen molar-refractivity contribution in [3.8, 4) is 0 Å². The van der Waals surface area contributed by atoms with E-state index in [-0.39, 0.29) is 0 Å². The number of hydrogen-bond donors (Lipinski definition) is 3. The number of aromatic nitrogens is 1. The van der Waals surface area contributed by atoms with Gasteiger partial charge in [0.2, 0.25) is 0 Å². The van der Waals surface area contributed by atoms with E-state index in [4.69, 9.17) is 16.2 Å². The number of pyridine rings is 1. The molecule has 1 atom stereocenters. The predicted molar refractivity (Wildman–Crippen MR) is 65.4 cm³/mol. The van der Waals surface area contributed by atoms with Crippen LogP contribution >= 0.6 is 0 Å². The maximum atomic E-state index is 6.24. The smallest absolute Gasteiger partial charge is 0.188 e. The van der Waals surface area contributed by atoms with Gasteiger partial charge in [-0.25, -0.2) is 0 Å². The van der Waals surface area contributed by atoms with Gasteiger partial charge in [-0.15, -0.1) is 0 Å². The van der Waals surface area contributed by atoms with Crippen LogP contribution in [0.1, 0.15) is 5.69 Å². The third-order valence-corrected chi connectivity index (χ3v) is 2.68. The number of nitrogens with two attached hydrogens (primary N) is 2. The van der Waals surface area contributed by atoms with Gasteiger partial charge >= 0.3 is 0 Å². The first-order valence-electron chi connectivity index (χ1n) is 5.33. The quantitative estimate of drug-likeness (QED) is 0.693. The lowest BCUT2D eigenvalue weighted by Gasteiger charge is -2.34. The average Bonchev–Trinajstić information content (AvgIpc) is 2.34. The molecule has 5 nitrogen and oxygen atoms in total. The van der Waals surface area contributed by atoms with Gasteiger partial charge in [0.1, 0.15) is 5.66 Å². The summed E-state index contributed by atoms with van der Waals surface area (Å²) in [5.74, 6) is 0.595. The van der Waals surface area contributed by atoms with Gasteiger partial charge in [0.25, 0.3) is 0 Å². The Kier molecular flexibility index (Phi) is 3.01. The molecule has 5 N–H and O–H groups in total. The molecule has 2 heterocycles. The Balaban J connectivity index is 2.20. The number of hydrogen-bond acceptors (Lipinski definition) is 5. The van der Waals surface area contributed by atoms with Gasteiger partial charge in [-0.2, -0.15) is 0 Å². The van der Waals surface area contributed by atoms with E-state index < -0.39 is 5.66 Å². The molecule has 5 heteroatoms. The number of nitrogens with one attached hydrogen (secondary N) is 1. The molecule has 0 amide bonds. The number of nitrogens with zero attached hydrogens (tertiary/aromatic N) is 1. The molecule has 0 bridgehead atoms. The fraction of sp³-hybridized carbons (Fsp3) is 0.250. The van der Waals surface area contributed by atoms with Gasteiger partial charge < -0.3 is 21.5 Å². The van der Waals surface area contributed by atoms with Gasteiger partial charge in [-0.3, -0.25) is 4.98 Å². The Labute approximate surface area is 100 Å². The molecule has 1 aliphatic rings. The maximum absolute atomic E-state index is 6.24. The van der Waals surface area contributed by atoms with Gasteiger partial charge in [-0.05, 0) is 24.3 Å². The van der Waals surface area contributed by atoms with Crippen LogP contribution in [0.2, 0.25) is 0 Å². The molecule has 0 radical (unpaired) electrons. The van der Waals surface area contributed by atoms with Crippen LogP contribution in [0.15, 0.2) is 48.1 Å². The van der Waals surface area contributed by atoms with Gasteiger partial charge in [0, 0.05) is 24.0 Å². The summed E-state index contributed by atoms with van der Waals surface area (Å²) in [5, 5.41) is 3.06. The SMILES string of the molecule is COC1=CC=C(N)C(N)(Cc2ccccn2)N1. The Morgan fingerprint density at radius 3 is 2.88 bits per heavy atom. The lowest BCUT2D eigenvalue weighted by Crippen LogP contribution is -2.59. The minimum atomic E-state index is -0.853. The molecule has 2 rings (SSSR count). The highest BCUT2D eigenvalue weighted by Crippen LogP contribution is 2.18. The van der Waals surface area contributed by atoms with E-state index in [1.165, 1.54) is 0 Å². The summed E-state index contributed by atoms with van der Waals surface area (Å²) in [6, 6.07) is 5.69. The highest BCUT2D eigenvalue weighted by atomic mass is 16.5. The van der Waals surface area contributed by atoms with Gasteiger partial charge in [0.15, 0.2) is 5.88 Å². The molecule has 0 aromatic carbocycles. The molecular formula is C12H16N4O. The first-order chi connectivity index (χ1) is 8.14. The summed E-state index contributed by atoms with van der Waals surface area (Å²) in [6.45, 7) is 0. The van der Waals surface area contributed by atoms with Crippen molar-refractivity contribution < 1.29 is 4.74 Å². The first kappa shape index (κ1) is 11.5. The molecule has 0 fully saturated rings. The number of rotatable bonds is 3. The van der Waals surface area contributed by atoms with Crippen LogP contribution in [-0.2, 0) is 11.2 Å². The van der Waals surface area contributed by atoms with E-state index >= 15 is 0 Å². The fourth-order valence-electron chi connectivity index (χ4n) is 1.70. The van der Waals surface area contributed by atoms with Crippen LogP contribution < -0.4 is 16.8 Å². The Morgan fingerprint density at radius 1 is 1.41 bits per heavy atom. The Bertz CT molecular complexity index is 455. The standard InChI is InChI=1S/C12H16N4O/c1-17-11-6-5-10(13)12(14,16-11)8-9-4-2-3-7-15-9/h2-7,16H,8,13-14H2,1H3. The summed E-state index contributed by atoms with van der Waals surface area (Å²) < 4.78 is 5.12. The zero-order chi connectivity index (χ0) is 12.3. The highest BCUT2D eigenvalue weighted by molar-refractivity contribution is 5.30. The molecular weight excluding hydrogens is 216 g/mol. The van der Waals surface area contributed by atoms with Crippen LogP contribution in [0, 0.1) is 0 Å². The number of methoxy groups -OCH3 is 1. The monoisotopic (exact) mass is 232 g/mol. The van der Waals surface area contributed by atoms with Crippen LogP contribution in [0.5, 0.6) is 0 Å². The average molecular weight is 232 g/mol. The number of ether oxygens (including phenoxy) is 1. The second kappa shape index (κ2) is 4.47. The van der Waals surface area contributed by atoms with Crippen molar-refractivity contribution in [2.75, 3.05) is 7.11 Å². The molecule has 0 saturated heterocycles. The van der Waals surface area contributed by atoms with E-state index in [0.717, 1.165) is 5.69 Å². The minimum Gasteiger partial charge on any atom is -0.482 e. The van der Waals surface area contributed by atoms with E-state index in [0.29, 0.717) is 18.0 Å². The van der Waals surface area contributed by atoms with Crippen LogP contribution in [0.4, 0.5) is 0 Å². The first-order valence-corrected chi connectivity index (χ1v) is 5.33. The topological polar surface area (TPSA) is 86.2 Å². The highest BCUT2D eigenvalue weighted by Gasteiger charge is 2.31. The predicted octanol–water partition coefficient (Wildman–Crippen LogP) is 0.213. The normalized spacial score (nSPS) is 23.4. The van der Waals surface area contributed by atoms with Crippen molar-refractivity contribution >= 4 is 0 Å². The van der Waals surface area contributed by atoms with Crippen molar-refractivity contribution in [3.05, 3.63) is 53.8 Å². The molecule has 90 valence electrons. The summed E-state index contributed by atoms with van der Waals surface area (Å²) in [5.41, 5.74) is 12.7. The fourth-order valence-corrected chi connectivity index (χ4v) is 1.70. The van der Waals surface area contributed by atoms with Crippen molar-refractivity contribution in [1.29, 1.82) is 0 Å². The van der Waals surface area contributed by atoms with Crippen molar-refractivity contribution in [1.82, 2.24) is 10.3 Å². The molecule has 1 aromatic heterocycles. The molecule has 1 unspecified atom stereocenters. The van der Waals surface area contributed by atoms with E-state index in [9.17, 15) is 0 Å². The molecule has 0 saturated carbocycles. The summed E-state index contributed by atoms with van der Waals surface area (Å²) in [4.78, 5) is 4.24. The molecule has 0 spiro atoms. The van der Waals surface area contributed by atoms with E-state index in [1.807, 2.05) is 18.2 Å². The van der Waals surface area contributed by atoms with Crippen molar-refractivity contribution in [2.45, 2.75) is 12.1 Å². The zero-order valence-corrected chi connectivity index (χ0v) is 9.68. The molecule has 1 aliphatic heterocycles. The summed E-state index contributed by atoms with van der Waals surface area (Å²) in [7, 11) is 1.58. The zero-order valence-electron chi connectivity index (χ0n) is 9.68. The van der Waals surface area contributed by atoms with Crippen molar-refractivity contribution in [2.24, 2.45) is 11.5 Å².